The quantitative estimate of drug-likeness (QED) is 0.796. The number of rotatable bonds is 4. The summed E-state index contributed by atoms with van der Waals surface area (Å²) in [5.41, 5.74) is 3.25. The number of nitriles is 1. The van der Waals surface area contributed by atoms with Gasteiger partial charge < -0.3 is 5.32 Å². The second-order valence-electron chi connectivity index (χ2n) is 9.06. The monoisotopic (exact) mass is 394 g/mol. The zero-order valence-electron chi connectivity index (χ0n) is 17.3. The van der Waals surface area contributed by atoms with Gasteiger partial charge in [0, 0.05) is 18.5 Å². The van der Waals surface area contributed by atoms with E-state index in [-0.39, 0.29) is 22.8 Å². The summed E-state index contributed by atoms with van der Waals surface area (Å²) in [6.45, 7) is 6.12. The summed E-state index contributed by atoms with van der Waals surface area (Å²) in [7, 11) is 0. The third kappa shape index (κ3) is 3.55. The highest BCUT2D eigenvalue weighted by Gasteiger charge is 2.36. The number of Topliss-reactive ketones (excluding diaryl/α,β-unsaturated/α-hetero) is 1. The molecule has 0 spiro atoms. The average Bonchev–Trinajstić information content (AvgIpc) is 3.28. The van der Waals surface area contributed by atoms with E-state index in [9.17, 15) is 14.4 Å². The molecule has 152 valence electrons. The molecule has 1 fully saturated rings. The fraction of sp³-hybridized carbons (Fsp3) is 0.522. The molecule has 2 aliphatic carbocycles. The van der Waals surface area contributed by atoms with Crippen LogP contribution in [0.5, 0.6) is 0 Å². The molecule has 1 aromatic heterocycles. The van der Waals surface area contributed by atoms with Crippen molar-refractivity contribution in [1.82, 2.24) is 9.78 Å². The van der Waals surface area contributed by atoms with Crippen molar-refractivity contribution >= 4 is 11.5 Å². The Bertz CT molecular complexity index is 1010. The van der Waals surface area contributed by atoms with Crippen LogP contribution in [-0.4, -0.2) is 21.6 Å². The smallest absolute Gasteiger partial charge is 0.167 e. The van der Waals surface area contributed by atoms with Gasteiger partial charge in [0.05, 0.1) is 28.3 Å². The minimum Gasteiger partial charge on any atom is -0.381 e. The van der Waals surface area contributed by atoms with E-state index in [0.29, 0.717) is 36.2 Å². The van der Waals surface area contributed by atoms with Gasteiger partial charge in [-0.1, -0.05) is 33.6 Å². The van der Waals surface area contributed by atoms with E-state index >= 15 is 0 Å². The Balaban J connectivity index is 1.84. The van der Waals surface area contributed by atoms with Crippen LogP contribution >= 0.6 is 0 Å². The highest BCUT2D eigenvalue weighted by Crippen LogP contribution is 2.38. The highest BCUT2D eigenvalue weighted by molar-refractivity contribution is 6.00. The van der Waals surface area contributed by atoms with Gasteiger partial charge in [0.1, 0.15) is 17.4 Å². The molecule has 0 saturated heterocycles. The van der Waals surface area contributed by atoms with E-state index in [1.165, 1.54) is 6.07 Å². The molecular weight excluding hydrogens is 367 g/mol. The first-order valence-electron chi connectivity index (χ1n) is 10.5. The molecule has 1 saturated carbocycles. The molecule has 2 aromatic rings. The summed E-state index contributed by atoms with van der Waals surface area (Å²) in [6, 6.07) is 5.42. The van der Waals surface area contributed by atoms with Crippen molar-refractivity contribution in [2.45, 2.75) is 71.8 Å². The standard InChI is InChI=1S/C23H27FN4O/c1-4-18-22-20(11-23(2,3)12-21(22)29)28(27-18)15-9-17(24)16(13-25)19(10-15)26-14-7-5-6-8-14/h9-10,14,26H,4-8,11-12H2,1-3H3. The zero-order chi connectivity index (χ0) is 20.8. The van der Waals surface area contributed by atoms with Crippen LogP contribution in [0.2, 0.25) is 0 Å². The van der Waals surface area contributed by atoms with Crippen LogP contribution in [0, 0.1) is 22.6 Å². The summed E-state index contributed by atoms with van der Waals surface area (Å²) in [6.07, 6.45) is 6.18. The number of aromatic nitrogens is 2. The van der Waals surface area contributed by atoms with Crippen LogP contribution in [0.1, 0.15) is 80.2 Å². The molecule has 29 heavy (non-hydrogen) atoms. The maximum absolute atomic E-state index is 14.8. The lowest BCUT2D eigenvalue weighted by Crippen LogP contribution is -2.28. The summed E-state index contributed by atoms with van der Waals surface area (Å²) in [5.74, 6) is -0.452. The van der Waals surface area contributed by atoms with Crippen molar-refractivity contribution in [2.24, 2.45) is 5.41 Å². The van der Waals surface area contributed by atoms with Gasteiger partial charge in [-0.15, -0.1) is 0 Å². The Kier molecular flexibility index (Phi) is 4.94. The Morgan fingerprint density at radius 3 is 2.69 bits per heavy atom. The number of hydrogen-bond acceptors (Lipinski definition) is 4. The van der Waals surface area contributed by atoms with Crippen molar-refractivity contribution in [3.8, 4) is 11.8 Å². The molecule has 0 unspecified atom stereocenters. The van der Waals surface area contributed by atoms with Gasteiger partial charge in [-0.05, 0) is 37.2 Å². The Morgan fingerprint density at radius 1 is 1.31 bits per heavy atom. The van der Waals surface area contributed by atoms with E-state index in [1.807, 2.05) is 13.0 Å². The van der Waals surface area contributed by atoms with E-state index in [1.54, 1.807) is 10.7 Å². The predicted octanol–water partition coefficient (Wildman–Crippen LogP) is 4.96. The summed E-state index contributed by atoms with van der Waals surface area (Å²) >= 11 is 0. The van der Waals surface area contributed by atoms with Gasteiger partial charge in [-0.2, -0.15) is 10.4 Å². The van der Waals surface area contributed by atoms with Crippen molar-refractivity contribution < 1.29 is 9.18 Å². The molecule has 0 amide bonds. The number of nitrogens with zero attached hydrogens (tertiary/aromatic N) is 3. The third-order valence-electron chi connectivity index (χ3n) is 6.10. The van der Waals surface area contributed by atoms with Gasteiger partial charge in [0.2, 0.25) is 0 Å². The normalized spacial score (nSPS) is 18.5. The minimum absolute atomic E-state index is 0.0359. The molecule has 0 aliphatic heterocycles. The second kappa shape index (κ2) is 7.29. The van der Waals surface area contributed by atoms with Gasteiger partial charge in [-0.3, -0.25) is 4.79 Å². The second-order valence-corrected chi connectivity index (χ2v) is 9.06. The van der Waals surface area contributed by atoms with Crippen LogP contribution in [0.4, 0.5) is 10.1 Å². The number of fused-ring (bicyclic) bond motifs is 1. The fourth-order valence-corrected chi connectivity index (χ4v) is 4.72. The zero-order valence-corrected chi connectivity index (χ0v) is 17.3. The molecule has 1 heterocycles. The van der Waals surface area contributed by atoms with Crippen LogP contribution in [0.15, 0.2) is 12.1 Å². The molecule has 2 aliphatic rings. The van der Waals surface area contributed by atoms with Gasteiger partial charge in [0.25, 0.3) is 0 Å². The van der Waals surface area contributed by atoms with Crippen molar-refractivity contribution in [2.75, 3.05) is 5.32 Å². The van der Waals surface area contributed by atoms with E-state index < -0.39 is 5.82 Å². The molecule has 0 bridgehead atoms. The summed E-state index contributed by atoms with van der Waals surface area (Å²) < 4.78 is 16.6. The maximum atomic E-state index is 14.8. The third-order valence-corrected chi connectivity index (χ3v) is 6.10. The van der Waals surface area contributed by atoms with Crippen molar-refractivity contribution in [3.63, 3.8) is 0 Å². The van der Waals surface area contributed by atoms with Crippen LogP contribution in [0.25, 0.3) is 5.69 Å². The topological polar surface area (TPSA) is 70.7 Å². The van der Waals surface area contributed by atoms with Gasteiger partial charge in [-0.25, -0.2) is 9.07 Å². The van der Waals surface area contributed by atoms with Crippen molar-refractivity contribution in [3.05, 3.63) is 40.5 Å². The first-order valence-corrected chi connectivity index (χ1v) is 10.5. The Morgan fingerprint density at radius 2 is 2.03 bits per heavy atom. The fourth-order valence-electron chi connectivity index (χ4n) is 4.72. The average molecular weight is 394 g/mol. The Hall–Kier alpha value is -2.68. The minimum atomic E-state index is -0.561. The molecule has 1 N–H and O–H groups in total. The van der Waals surface area contributed by atoms with Gasteiger partial charge >= 0.3 is 0 Å². The molecule has 6 heteroatoms. The van der Waals surface area contributed by atoms with Crippen LogP contribution < -0.4 is 5.32 Å². The molecular formula is C23H27FN4O. The van der Waals surface area contributed by atoms with Crippen molar-refractivity contribution in [1.29, 1.82) is 5.26 Å². The molecule has 4 rings (SSSR count). The van der Waals surface area contributed by atoms with E-state index in [2.05, 4.69) is 24.3 Å². The predicted molar refractivity (Wildman–Crippen MR) is 110 cm³/mol. The lowest BCUT2D eigenvalue weighted by atomic mass is 9.75. The number of carbonyl (C=O) groups is 1. The Labute approximate surface area is 170 Å². The van der Waals surface area contributed by atoms with E-state index in [0.717, 1.165) is 37.1 Å². The van der Waals surface area contributed by atoms with E-state index in [4.69, 9.17) is 0 Å². The maximum Gasteiger partial charge on any atom is 0.167 e. The van der Waals surface area contributed by atoms with Crippen LogP contribution in [-0.2, 0) is 12.8 Å². The summed E-state index contributed by atoms with van der Waals surface area (Å²) in [4.78, 5) is 12.8. The molecule has 1 aromatic carbocycles. The lowest BCUT2D eigenvalue weighted by molar-refractivity contribution is 0.0910. The number of nitrogens with one attached hydrogen (secondary N) is 1. The first-order chi connectivity index (χ1) is 13.8. The number of aryl methyl sites for hydroxylation is 1. The lowest BCUT2D eigenvalue weighted by Gasteiger charge is -2.29. The summed E-state index contributed by atoms with van der Waals surface area (Å²) in [5, 5.41) is 17.5. The number of benzene rings is 1. The number of halogens is 1. The van der Waals surface area contributed by atoms with Gasteiger partial charge in [0.15, 0.2) is 5.78 Å². The molecule has 0 atom stereocenters. The largest absolute Gasteiger partial charge is 0.381 e. The number of hydrogen-bond donors (Lipinski definition) is 1. The highest BCUT2D eigenvalue weighted by atomic mass is 19.1. The molecule has 5 nitrogen and oxygen atoms in total. The number of ketones is 1. The number of carbonyl (C=O) groups excluding carboxylic acids is 1. The van der Waals surface area contributed by atoms with Crippen LogP contribution in [0.3, 0.4) is 0 Å². The SMILES string of the molecule is CCc1nn(-c2cc(F)c(C#N)c(NC3CCCC3)c2)c2c1C(=O)CC(C)(C)C2. The number of anilines is 1. The first kappa shape index (κ1) is 19.6. The molecule has 0 radical (unpaired) electrons.